The lowest BCUT2D eigenvalue weighted by molar-refractivity contribution is -0.384. The Balaban J connectivity index is 2.96. The lowest BCUT2D eigenvalue weighted by Gasteiger charge is -2.03. The summed E-state index contributed by atoms with van der Waals surface area (Å²) in [5, 5.41) is 14.1. The van der Waals surface area contributed by atoms with Crippen LogP contribution in [0.3, 0.4) is 0 Å². The third kappa shape index (κ3) is 3.52. The van der Waals surface area contributed by atoms with Gasteiger partial charge in [0, 0.05) is 17.8 Å². The van der Waals surface area contributed by atoms with Crippen LogP contribution >= 0.6 is 0 Å². The van der Waals surface area contributed by atoms with Crippen LogP contribution in [0.2, 0.25) is 0 Å². The van der Waals surface area contributed by atoms with Gasteiger partial charge in [-0.3, -0.25) is 10.1 Å². The number of hydrogen-bond acceptors (Lipinski definition) is 5. The standard InChI is InChI=1S/C10H13N3O4S/c1-3-8(2)11-12-18(16,17)10-6-4-9(5-7-10)13(14)15/h4-7,12H,3H2,1-2H3/b11-8+. The summed E-state index contributed by atoms with van der Waals surface area (Å²) >= 11 is 0. The fraction of sp³-hybridized carbons (Fsp3) is 0.300. The molecule has 0 saturated carbocycles. The summed E-state index contributed by atoms with van der Waals surface area (Å²) in [7, 11) is -3.77. The van der Waals surface area contributed by atoms with Crippen molar-refractivity contribution in [1.82, 2.24) is 4.83 Å². The first-order valence-electron chi connectivity index (χ1n) is 5.16. The fourth-order valence-corrected chi connectivity index (χ4v) is 1.89. The average molecular weight is 271 g/mol. The van der Waals surface area contributed by atoms with Gasteiger partial charge in [0.1, 0.15) is 0 Å². The number of non-ortho nitro benzene ring substituents is 1. The van der Waals surface area contributed by atoms with E-state index < -0.39 is 14.9 Å². The molecule has 0 saturated heterocycles. The number of sulfonamides is 1. The van der Waals surface area contributed by atoms with Gasteiger partial charge >= 0.3 is 0 Å². The van der Waals surface area contributed by atoms with Gasteiger partial charge in [-0.1, -0.05) is 6.92 Å². The molecule has 1 rings (SSSR count). The highest BCUT2D eigenvalue weighted by atomic mass is 32.2. The third-order valence-corrected chi connectivity index (χ3v) is 3.45. The zero-order chi connectivity index (χ0) is 13.8. The number of rotatable bonds is 5. The van der Waals surface area contributed by atoms with Crippen molar-refractivity contribution in [3.8, 4) is 0 Å². The normalized spacial score (nSPS) is 12.2. The smallest absolute Gasteiger partial charge is 0.258 e. The van der Waals surface area contributed by atoms with Crippen LogP contribution in [0.5, 0.6) is 0 Å². The summed E-state index contributed by atoms with van der Waals surface area (Å²) in [4.78, 5) is 11.8. The molecule has 1 aromatic rings. The molecule has 0 amide bonds. The van der Waals surface area contributed by atoms with Gasteiger partial charge in [0.05, 0.1) is 9.82 Å². The number of benzene rings is 1. The first-order valence-corrected chi connectivity index (χ1v) is 6.64. The predicted octanol–water partition coefficient (Wildman–Crippen LogP) is 1.66. The van der Waals surface area contributed by atoms with Crippen molar-refractivity contribution in [3.05, 3.63) is 34.4 Å². The van der Waals surface area contributed by atoms with Crippen LogP contribution in [0.15, 0.2) is 34.3 Å². The molecule has 0 unspecified atom stereocenters. The lowest BCUT2D eigenvalue weighted by atomic mass is 10.3. The van der Waals surface area contributed by atoms with Gasteiger partial charge in [-0.05, 0) is 25.5 Å². The van der Waals surface area contributed by atoms with E-state index in [4.69, 9.17) is 0 Å². The van der Waals surface area contributed by atoms with E-state index in [9.17, 15) is 18.5 Å². The predicted molar refractivity (Wildman–Crippen MR) is 66.8 cm³/mol. The summed E-state index contributed by atoms with van der Waals surface area (Å²) in [6, 6.07) is 4.59. The van der Waals surface area contributed by atoms with Gasteiger partial charge in [-0.15, -0.1) is 0 Å². The van der Waals surface area contributed by atoms with Crippen molar-refractivity contribution in [2.75, 3.05) is 0 Å². The topological polar surface area (TPSA) is 102 Å². The molecule has 0 radical (unpaired) electrons. The van der Waals surface area contributed by atoms with E-state index >= 15 is 0 Å². The van der Waals surface area contributed by atoms with Crippen molar-refractivity contribution in [1.29, 1.82) is 0 Å². The van der Waals surface area contributed by atoms with Crippen LogP contribution in [-0.2, 0) is 10.0 Å². The first-order chi connectivity index (χ1) is 8.36. The van der Waals surface area contributed by atoms with Gasteiger partial charge in [0.15, 0.2) is 0 Å². The number of hydrogen-bond donors (Lipinski definition) is 1. The monoisotopic (exact) mass is 271 g/mol. The Morgan fingerprint density at radius 2 is 1.94 bits per heavy atom. The van der Waals surface area contributed by atoms with Crippen LogP contribution in [0.1, 0.15) is 20.3 Å². The van der Waals surface area contributed by atoms with E-state index in [1.165, 1.54) is 0 Å². The molecular weight excluding hydrogens is 258 g/mol. The first kappa shape index (κ1) is 14.1. The molecule has 98 valence electrons. The average Bonchev–Trinajstić information content (AvgIpc) is 2.36. The van der Waals surface area contributed by atoms with Gasteiger partial charge in [-0.25, -0.2) is 4.83 Å². The lowest BCUT2D eigenvalue weighted by Crippen LogP contribution is -2.19. The highest BCUT2D eigenvalue weighted by molar-refractivity contribution is 7.89. The summed E-state index contributed by atoms with van der Waals surface area (Å²) < 4.78 is 23.5. The molecule has 0 aliphatic rings. The molecule has 0 bridgehead atoms. The Morgan fingerprint density at radius 3 is 2.39 bits per heavy atom. The Bertz CT molecular complexity index is 563. The summed E-state index contributed by atoms with van der Waals surface area (Å²) in [5.41, 5.74) is 0.475. The van der Waals surface area contributed by atoms with Crippen LogP contribution in [0.25, 0.3) is 0 Å². The molecule has 0 aromatic heterocycles. The highest BCUT2D eigenvalue weighted by Crippen LogP contribution is 2.15. The van der Waals surface area contributed by atoms with Crippen LogP contribution in [0.4, 0.5) is 5.69 Å². The Morgan fingerprint density at radius 1 is 1.39 bits per heavy atom. The maximum atomic E-state index is 11.7. The minimum atomic E-state index is -3.77. The summed E-state index contributed by atoms with van der Waals surface area (Å²) in [5.74, 6) is 0. The second kappa shape index (κ2) is 5.58. The molecule has 1 N–H and O–H groups in total. The minimum Gasteiger partial charge on any atom is -0.258 e. The molecule has 0 atom stereocenters. The van der Waals surface area contributed by atoms with E-state index in [-0.39, 0.29) is 10.6 Å². The van der Waals surface area contributed by atoms with Gasteiger partial charge in [-0.2, -0.15) is 13.5 Å². The van der Waals surface area contributed by atoms with Crippen molar-refractivity contribution < 1.29 is 13.3 Å². The maximum Gasteiger partial charge on any atom is 0.276 e. The number of nitrogens with one attached hydrogen (secondary N) is 1. The highest BCUT2D eigenvalue weighted by Gasteiger charge is 2.14. The Hall–Kier alpha value is -1.96. The molecule has 0 spiro atoms. The third-order valence-electron chi connectivity index (χ3n) is 2.23. The number of nitrogens with zero attached hydrogens (tertiary/aromatic N) is 2. The van der Waals surface area contributed by atoms with E-state index in [1.807, 2.05) is 6.92 Å². The molecule has 0 heterocycles. The van der Waals surface area contributed by atoms with Crippen molar-refractivity contribution in [2.45, 2.75) is 25.2 Å². The quantitative estimate of drug-likeness (QED) is 0.499. The van der Waals surface area contributed by atoms with E-state index in [2.05, 4.69) is 9.93 Å². The Kier molecular flexibility index (Phi) is 4.38. The SMILES string of the molecule is CC/C(C)=N/NS(=O)(=O)c1ccc([N+](=O)[O-])cc1. The van der Waals surface area contributed by atoms with Gasteiger partial charge in [0.2, 0.25) is 0 Å². The second-order valence-electron chi connectivity index (χ2n) is 3.55. The minimum absolute atomic E-state index is 0.0687. The van der Waals surface area contributed by atoms with E-state index in [1.54, 1.807) is 6.92 Å². The van der Waals surface area contributed by atoms with Gasteiger partial charge < -0.3 is 0 Å². The van der Waals surface area contributed by atoms with Crippen LogP contribution in [0, 0.1) is 10.1 Å². The molecular formula is C10H13N3O4S. The van der Waals surface area contributed by atoms with Gasteiger partial charge in [0.25, 0.3) is 15.7 Å². The molecule has 7 nitrogen and oxygen atoms in total. The molecule has 1 aromatic carbocycles. The zero-order valence-electron chi connectivity index (χ0n) is 9.95. The Labute approximate surface area is 105 Å². The van der Waals surface area contributed by atoms with Crippen LogP contribution in [-0.4, -0.2) is 19.1 Å². The summed E-state index contributed by atoms with van der Waals surface area (Å²) in [6.45, 7) is 3.54. The fourth-order valence-electron chi connectivity index (χ4n) is 1.02. The maximum absolute atomic E-state index is 11.7. The summed E-state index contributed by atoms with van der Waals surface area (Å²) in [6.07, 6.45) is 0.628. The molecule has 0 fully saturated rings. The van der Waals surface area contributed by atoms with E-state index in [0.29, 0.717) is 12.1 Å². The number of nitro benzene ring substituents is 1. The van der Waals surface area contributed by atoms with Crippen LogP contribution < -0.4 is 4.83 Å². The van der Waals surface area contributed by atoms with Crippen molar-refractivity contribution >= 4 is 21.4 Å². The number of nitro groups is 1. The molecule has 0 aliphatic carbocycles. The van der Waals surface area contributed by atoms with Crippen molar-refractivity contribution in [3.63, 3.8) is 0 Å². The molecule has 8 heteroatoms. The zero-order valence-corrected chi connectivity index (χ0v) is 10.8. The van der Waals surface area contributed by atoms with Crippen molar-refractivity contribution in [2.24, 2.45) is 5.10 Å². The molecule has 0 aliphatic heterocycles. The largest absolute Gasteiger partial charge is 0.276 e. The van der Waals surface area contributed by atoms with E-state index in [0.717, 1.165) is 24.3 Å². The molecule has 18 heavy (non-hydrogen) atoms. The number of hydrazone groups is 1. The second-order valence-corrected chi connectivity index (χ2v) is 5.21.